The summed E-state index contributed by atoms with van der Waals surface area (Å²) in [6.07, 6.45) is -2.88. The van der Waals surface area contributed by atoms with Crippen LogP contribution < -0.4 is 0 Å². The molecule has 0 saturated heterocycles. The van der Waals surface area contributed by atoms with Crippen LogP contribution in [0, 0.1) is 0 Å². The third-order valence-corrected chi connectivity index (χ3v) is 1.13. The Balaban J connectivity index is 4.21. The molecule has 0 heterocycles. The van der Waals surface area contributed by atoms with Gasteiger partial charge in [0, 0.05) is 20.5 Å². The summed E-state index contributed by atoms with van der Waals surface area (Å²) in [5, 5.41) is 9.23. The summed E-state index contributed by atoms with van der Waals surface area (Å²) in [4.78, 5) is 21.1. The molecule has 1 unspecified atom stereocenters. The van der Waals surface area contributed by atoms with E-state index in [-0.39, 0.29) is 6.61 Å². The largest absolute Gasteiger partial charge is 0.420 e. The molecule has 0 aliphatic heterocycles. The monoisotopic (exact) mass is 206 g/mol. The molecule has 0 aliphatic rings. The van der Waals surface area contributed by atoms with Crippen molar-refractivity contribution >= 4 is 11.9 Å². The van der Waals surface area contributed by atoms with Crippen molar-refractivity contribution in [2.75, 3.05) is 6.61 Å². The van der Waals surface area contributed by atoms with E-state index in [9.17, 15) is 14.7 Å². The molecule has 0 radical (unpaired) electrons. The number of hydrogen-bond donors (Lipinski definition) is 1. The van der Waals surface area contributed by atoms with Crippen LogP contribution in [0.4, 0.5) is 0 Å². The third kappa shape index (κ3) is 5.50. The average molecular weight is 206 g/mol. The molecule has 0 fully saturated rings. The predicted octanol–water partition coefficient (Wildman–Crippen LogP) is -0.206. The number of aliphatic hydroxyl groups is 1. The highest BCUT2D eigenvalue weighted by Crippen LogP contribution is 2.04. The van der Waals surface area contributed by atoms with Crippen molar-refractivity contribution in [3.05, 3.63) is 0 Å². The second kappa shape index (κ2) is 6.33. The van der Waals surface area contributed by atoms with Crippen LogP contribution in [0.2, 0.25) is 0 Å². The molecule has 1 atom stereocenters. The first-order valence-corrected chi connectivity index (χ1v) is 4.11. The Morgan fingerprint density at radius 3 is 1.93 bits per heavy atom. The highest BCUT2D eigenvalue weighted by molar-refractivity contribution is 5.68. The zero-order valence-electron chi connectivity index (χ0n) is 8.35. The fourth-order valence-corrected chi connectivity index (χ4v) is 0.717. The van der Waals surface area contributed by atoms with E-state index in [0.717, 1.165) is 13.8 Å². The topological polar surface area (TPSA) is 82.1 Å². The van der Waals surface area contributed by atoms with E-state index in [2.05, 4.69) is 9.47 Å². The summed E-state index contributed by atoms with van der Waals surface area (Å²) >= 11 is 0. The second-order valence-electron chi connectivity index (χ2n) is 2.43. The van der Waals surface area contributed by atoms with Crippen LogP contribution in [-0.4, -0.2) is 36.2 Å². The van der Waals surface area contributed by atoms with E-state index in [1.54, 1.807) is 6.92 Å². The van der Waals surface area contributed by atoms with Crippen LogP contribution in [0.15, 0.2) is 0 Å². The van der Waals surface area contributed by atoms with Gasteiger partial charge in [0.1, 0.15) is 0 Å². The first-order valence-electron chi connectivity index (χ1n) is 4.11. The number of hydrogen-bond acceptors (Lipinski definition) is 6. The van der Waals surface area contributed by atoms with Gasteiger partial charge in [0.2, 0.25) is 6.29 Å². The van der Waals surface area contributed by atoms with Gasteiger partial charge in [-0.25, -0.2) is 0 Å². The molecule has 0 amide bonds. The lowest BCUT2D eigenvalue weighted by Gasteiger charge is -2.21. The Labute approximate surface area is 81.8 Å². The Hall–Kier alpha value is -1.14. The van der Waals surface area contributed by atoms with Crippen molar-refractivity contribution in [3.8, 4) is 0 Å². The van der Waals surface area contributed by atoms with Gasteiger partial charge in [-0.05, 0) is 6.92 Å². The van der Waals surface area contributed by atoms with Crippen LogP contribution in [0.1, 0.15) is 20.8 Å². The summed E-state index contributed by atoms with van der Waals surface area (Å²) in [6, 6.07) is 0. The minimum absolute atomic E-state index is 0.209. The average Bonchev–Trinajstić information content (AvgIpc) is 2.01. The number of carbonyl (C=O) groups is 2. The maximum atomic E-state index is 10.6. The van der Waals surface area contributed by atoms with E-state index >= 15 is 0 Å². The fourth-order valence-electron chi connectivity index (χ4n) is 0.717. The standard InChI is InChI=1S/C8H14O6/c1-4-12-7(11)8(13-5(2)9)14-6(3)10/h7-8,11H,4H2,1-3H3. The van der Waals surface area contributed by atoms with Crippen molar-refractivity contribution in [2.24, 2.45) is 0 Å². The van der Waals surface area contributed by atoms with Gasteiger partial charge in [-0.15, -0.1) is 0 Å². The lowest BCUT2D eigenvalue weighted by molar-refractivity contribution is -0.253. The van der Waals surface area contributed by atoms with Crippen LogP contribution in [0.3, 0.4) is 0 Å². The molecule has 0 rings (SSSR count). The van der Waals surface area contributed by atoms with Gasteiger partial charge in [-0.1, -0.05) is 0 Å². The maximum absolute atomic E-state index is 10.6. The number of esters is 2. The van der Waals surface area contributed by atoms with Crippen molar-refractivity contribution < 1.29 is 28.9 Å². The van der Waals surface area contributed by atoms with E-state index in [4.69, 9.17) is 4.74 Å². The van der Waals surface area contributed by atoms with Crippen LogP contribution >= 0.6 is 0 Å². The highest BCUT2D eigenvalue weighted by atomic mass is 16.8. The second-order valence-corrected chi connectivity index (χ2v) is 2.43. The Morgan fingerprint density at radius 1 is 1.21 bits per heavy atom. The highest BCUT2D eigenvalue weighted by Gasteiger charge is 2.25. The number of carbonyl (C=O) groups excluding carboxylic acids is 2. The van der Waals surface area contributed by atoms with Crippen molar-refractivity contribution in [1.29, 1.82) is 0 Å². The van der Waals surface area contributed by atoms with E-state index in [1.165, 1.54) is 0 Å². The maximum Gasteiger partial charge on any atom is 0.305 e. The molecule has 0 aromatic rings. The van der Waals surface area contributed by atoms with Crippen LogP contribution in [0.25, 0.3) is 0 Å². The normalized spacial score (nSPS) is 12.4. The number of ether oxygens (including phenoxy) is 3. The molecule has 0 aliphatic carbocycles. The molecule has 14 heavy (non-hydrogen) atoms. The van der Waals surface area contributed by atoms with Gasteiger partial charge in [0.15, 0.2) is 0 Å². The minimum atomic E-state index is -1.47. The van der Waals surface area contributed by atoms with E-state index in [1.807, 2.05) is 0 Å². The number of aliphatic hydroxyl groups excluding tert-OH is 1. The molecule has 82 valence electrons. The molecular weight excluding hydrogens is 192 g/mol. The van der Waals surface area contributed by atoms with Crippen molar-refractivity contribution in [3.63, 3.8) is 0 Å². The molecule has 0 spiro atoms. The zero-order valence-corrected chi connectivity index (χ0v) is 8.35. The summed E-state index contributed by atoms with van der Waals surface area (Å²) in [6.45, 7) is 4.12. The molecule has 0 saturated carbocycles. The summed E-state index contributed by atoms with van der Waals surface area (Å²) in [5.74, 6) is -1.34. The number of rotatable bonds is 5. The van der Waals surface area contributed by atoms with E-state index < -0.39 is 24.5 Å². The summed E-state index contributed by atoms with van der Waals surface area (Å²) in [7, 11) is 0. The van der Waals surface area contributed by atoms with Crippen LogP contribution in [0.5, 0.6) is 0 Å². The van der Waals surface area contributed by atoms with Crippen molar-refractivity contribution in [2.45, 2.75) is 33.4 Å². The van der Waals surface area contributed by atoms with Gasteiger partial charge < -0.3 is 19.3 Å². The quantitative estimate of drug-likeness (QED) is 0.495. The molecule has 6 nitrogen and oxygen atoms in total. The first kappa shape index (κ1) is 12.9. The van der Waals surface area contributed by atoms with E-state index in [0.29, 0.717) is 0 Å². The van der Waals surface area contributed by atoms with Gasteiger partial charge in [-0.3, -0.25) is 9.59 Å². The third-order valence-electron chi connectivity index (χ3n) is 1.13. The molecule has 1 N–H and O–H groups in total. The molecule has 6 heteroatoms. The minimum Gasteiger partial charge on any atom is -0.420 e. The first-order chi connectivity index (χ1) is 6.47. The summed E-state index contributed by atoms with van der Waals surface area (Å²) in [5.41, 5.74) is 0. The predicted molar refractivity (Wildman–Crippen MR) is 45.0 cm³/mol. The lowest BCUT2D eigenvalue weighted by Crippen LogP contribution is -2.36. The van der Waals surface area contributed by atoms with Gasteiger partial charge in [0.05, 0.1) is 0 Å². The smallest absolute Gasteiger partial charge is 0.305 e. The van der Waals surface area contributed by atoms with Crippen LogP contribution in [-0.2, 0) is 23.8 Å². The molecule has 0 aromatic carbocycles. The molecule has 0 bridgehead atoms. The van der Waals surface area contributed by atoms with Gasteiger partial charge >= 0.3 is 11.9 Å². The van der Waals surface area contributed by atoms with Gasteiger partial charge in [0.25, 0.3) is 6.29 Å². The Kier molecular flexibility index (Phi) is 5.82. The summed E-state index contributed by atoms with van der Waals surface area (Å²) < 4.78 is 13.7. The van der Waals surface area contributed by atoms with Gasteiger partial charge in [-0.2, -0.15) is 0 Å². The van der Waals surface area contributed by atoms with Crippen molar-refractivity contribution in [1.82, 2.24) is 0 Å². The Bertz CT molecular complexity index is 186. The molecule has 0 aromatic heterocycles. The Morgan fingerprint density at radius 2 is 1.64 bits per heavy atom. The zero-order chi connectivity index (χ0) is 11.1. The lowest BCUT2D eigenvalue weighted by atomic mass is 10.5. The molecular formula is C8H14O6. The SMILES string of the molecule is CCOC(O)C(OC(C)=O)OC(C)=O. The fraction of sp³-hybridized carbons (Fsp3) is 0.750.